The largest absolute Gasteiger partial charge is 0.490 e. The zero-order chi connectivity index (χ0) is 35.0. The minimum absolute atomic E-state index is 0.0911. The van der Waals surface area contributed by atoms with E-state index < -0.39 is 19.8 Å². The van der Waals surface area contributed by atoms with Gasteiger partial charge in [-0.25, -0.2) is 9.98 Å². The van der Waals surface area contributed by atoms with Gasteiger partial charge in [-0.3, -0.25) is 0 Å². The Bertz CT molecular complexity index is 1920. The van der Waals surface area contributed by atoms with E-state index in [0.717, 1.165) is 25.0 Å². The van der Waals surface area contributed by atoms with Crippen LogP contribution < -0.4 is 14.8 Å². The maximum atomic E-state index is 14.5. The second kappa shape index (κ2) is 13.4. The highest BCUT2D eigenvalue weighted by atomic mass is 28.3. The van der Waals surface area contributed by atoms with E-state index in [2.05, 4.69) is 41.0 Å². The lowest BCUT2D eigenvalue weighted by atomic mass is 10.0. The van der Waals surface area contributed by atoms with Crippen LogP contribution in [-0.4, -0.2) is 49.5 Å². The van der Waals surface area contributed by atoms with Crippen molar-refractivity contribution in [2.24, 2.45) is 10.4 Å². The zero-order valence-corrected chi connectivity index (χ0v) is 29.3. The molecule has 0 unspecified atom stereocenters. The molecule has 4 aromatic rings. The number of hydrogen-bond acceptors (Lipinski definition) is 8. The van der Waals surface area contributed by atoms with Gasteiger partial charge < -0.3 is 28.8 Å². The van der Waals surface area contributed by atoms with Crippen LogP contribution >= 0.6 is 0 Å². The van der Waals surface area contributed by atoms with E-state index in [-0.39, 0.29) is 41.5 Å². The second-order valence-corrected chi connectivity index (χ2v) is 19.8. The summed E-state index contributed by atoms with van der Waals surface area (Å²) >= 11 is 0. The van der Waals surface area contributed by atoms with E-state index >= 15 is 0 Å². The minimum atomic E-state index is -4.72. The van der Waals surface area contributed by atoms with Crippen molar-refractivity contribution < 1.29 is 32.1 Å². The number of benzene rings is 2. The first-order chi connectivity index (χ1) is 23.2. The van der Waals surface area contributed by atoms with Crippen LogP contribution in [0, 0.1) is 16.7 Å². The number of ether oxygens (including phenoxy) is 4. The topological polar surface area (TPSA) is 103 Å². The van der Waals surface area contributed by atoms with E-state index in [4.69, 9.17) is 18.9 Å². The monoisotopic (exact) mass is 691 g/mol. The van der Waals surface area contributed by atoms with Gasteiger partial charge in [0.05, 0.1) is 30.2 Å². The number of halogens is 3. The fourth-order valence-electron chi connectivity index (χ4n) is 5.54. The molecule has 1 aliphatic heterocycles. The molecule has 1 fully saturated rings. The molecule has 2 aromatic carbocycles. The highest BCUT2D eigenvalue weighted by Crippen LogP contribution is 2.48. The molecule has 0 atom stereocenters. The van der Waals surface area contributed by atoms with Gasteiger partial charge in [0.25, 0.3) is 6.02 Å². The molecule has 258 valence electrons. The van der Waals surface area contributed by atoms with Crippen molar-refractivity contribution in [3.05, 3.63) is 66.0 Å². The molecular weight excluding hydrogens is 652 g/mol. The first-order valence-electron chi connectivity index (χ1n) is 16.3. The minimum Gasteiger partial charge on any atom is -0.490 e. The van der Waals surface area contributed by atoms with Gasteiger partial charge in [-0.15, -0.1) is 0 Å². The molecule has 3 heterocycles. The Morgan fingerprint density at radius 3 is 2.51 bits per heavy atom. The van der Waals surface area contributed by atoms with Crippen molar-refractivity contribution >= 4 is 30.8 Å². The van der Waals surface area contributed by atoms with Crippen molar-refractivity contribution in [2.75, 3.05) is 25.1 Å². The molecular formula is C36H40F3N5O4Si. The Morgan fingerprint density at radius 1 is 1.08 bits per heavy atom. The third-order valence-corrected chi connectivity index (χ3v) is 10.2. The molecule has 13 heteroatoms. The van der Waals surface area contributed by atoms with Crippen LogP contribution in [0.25, 0.3) is 22.2 Å². The normalized spacial score (nSPS) is 15.6. The van der Waals surface area contributed by atoms with Crippen LogP contribution in [-0.2, 0) is 22.4 Å². The molecule has 49 heavy (non-hydrogen) atoms. The fourth-order valence-corrected chi connectivity index (χ4v) is 6.30. The number of rotatable bonds is 11. The highest BCUT2D eigenvalue weighted by Gasteiger charge is 2.45. The molecule has 0 radical (unpaired) electrons. The summed E-state index contributed by atoms with van der Waals surface area (Å²) in [5.41, 5.74) is 1.37. The van der Waals surface area contributed by atoms with E-state index in [1.165, 1.54) is 24.4 Å². The van der Waals surface area contributed by atoms with Gasteiger partial charge in [-0.2, -0.15) is 18.4 Å². The summed E-state index contributed by atoms with van der Waals surface area (Å²) in [6.45, 7) is 12.4. The Hall–Kier alpha value is -4.54. The molecule has 0 saturated heterocycles. The van der Waals surface area contributed by atoms with Crippen molar-refractivity contribution in [2.45, 2.75) is 71.4 Å². The first kappa shape index (κ1) is 34.3. The predicted molar refractivity (Wildman–Crippen MR) is 185 cm³/mol. The second-order valence-electron chi connectivity index (χ2n) is 14.2. The van der Waals surface area contributed by atoms with Crippen molar-refractivity contribution in [1.82, 2.24) is 9.55 Å². The molecule has 2 aliphatic rings. The number of aliphatic imine (C=N–C) groups is 1. The Balaban J connectivity index is 1.38. The summed E-state index contributed by atoms with van der Waals surface area (Å²) in [5.74, 6) is 0.231. The molecule has 1 spiro atoms. The van der Waals surface area contributed by atoms with Crippen LogP contribution in [0.4, 0.5) is 18.9 Å². The third-order valence-electron chi connectivity index (χ3n) is 8.51. The SMILES string of the molecule is CC(C)Oc1ccc(-c2cn(COCC[Si](C)(C)C)c3nccc(Oc4ccc(NC5=NCC6(CC6)CO5)cc4C(F)(F)F)c23)cc1C#N. The van der Waals surface area contributed by atoms with Crippen molar-refractivity contribution in [1.29, 1.82) is 5.26 Å². The maximum absolute atomic E-state index is 14.5. The summed E-state index contributed by atoms with van der Waals surface area (Å²) in [6.07, 6.45) is 0.551. The van der Waals surface area contributed by atoms with Gasteiger partial charge in [-0.1, -0.05) is 25.7 Å². The van der Waals surface area contributed by atoms with Crippen molar-refractivity contribution in [3.8, 4) is 34.4 Å². The summed E-state index contributed by atoms with van der Waals surface area (Å²) < 4.78 is 69.0. The van der Waals surface area contributed by atoms with Crippen LogP contribution in [0.15, 0.2) is 59.9 Å². The average molecular weight is 692 g/mol. The van der Waals surface area contributed by atoms with E-state index in [1.807, 2.05) is 26.1 Å². The van der Waals surface area contributed by atoms with Gasteiger partial charge in [-0.05, 0) is 74.7 Å². The molecule has 2 aromatic heterocycles. The number of alkyl halides is 3. The molecule has 1 saturated carbocycles. The number of anilines is 1. The molecule has 0 bridgehead atoms. The maximum Gasteiger partial charge on any atom is 0.420 e. The Labute approximate surface area is 284 Å². The molecule has 1 N–H and O–H groups in total. The number of amidine groups is 1. The zero-order valence-electron chi connectivity index (χ0n) is 28.3. The van der Waals surface area contributed by atoms with Crippen LogP contribution in [0.2, 0.25) is 25.7 Å². The lowest BCUT2D eigenvalue weighted by Gasteiger charge is -2.22. The summed E-state index contributed by atoms with van der Waals surface area (Å²) in [4.78, 5) is 8.98. The van der Waals surface area contributed by atoms with Gasteiger partial charge in [0, 0.05) is 43.7 Å². The first-order valence-corrected chi connectivity index (χ1v) is 20.0. The predicted octanol–water partition coefficient (Wildman–Crippen LogP) is 9.06. The van der Waals surface area contributed by atoms with Crippen LogP contribution in [0.1, 0.15) is 37.8 Å². The highest BCUT2D eigenvalue weighted by molar-refractivity contribution is 6.76. The molecule has 6 rings (SSSR count). The van der Waals surface area contributed by atoms with Crippen LogP contribution in [0.3, 0.4) is 0 Å². The number of fused-ring (bicyclic) bond motifs is 1. The average Bonchev–Trinajstić information content (AvgIpc) is 3.69. The number of hydrogen-bond donors (Lipinski definition) is 1. The molecule has 1 aliphatic carbocycles. The summed E-state index contributed by atoms with van der Waals surface area (Å²) in [5, 5.41) is 13.3. The Kier molecular flexibility index (Phi) is 9.39. The van der Waals surface area contributed by atoms with Gasteiger partial charge in [0.1, 0.15) is 41.3 Å². The van der Waals surface area contributed by atoms with Gasteiger partial charge in [0.15, 0.2) is 0 Å². The number of nitrogens with one attached hydrogen (secondary N) is 1. The standard InChI is InChI=1S/C36H40F3N5O4Si/c1-23(2)47-29-8-6-24(16-25(29)18-40)27-19-44(22-45-14-15-49(3,4)5)33-32(27)31(10-13-41-33)48-30-9-7-26(17-28(30)36(37,38)39)43-34-42-20-35(11-12-35)21-46-34/h6-10,13,16-17,19,23H,11-12,14-15,20-22H2,1-5H3,(H,42,43). The van der Waals surface area contributed by atoms with E-state index in [0.29, 0.717) is 53.2 Å². The number of pyridine rings is 1. The van der Waals surface area contributed by atoms with Gasteiger partial charge >= 0.3 is 6.18 Å². The fraction of sp³-hybridized carbons (Fsp3) is 0.417. The molecule has 9 nitrogen and oxygen atoms in total. The lowest BCUT2D eigenvalue weighted by molar-refractivity contribution is -0.138. The van der Waals surface area contributed by atoms with E-state index in [9.17, 15) is 18.4 Å². The molecule has 0 amide bonds. The van der Waals surface area contributed by atoms with Crippen molar-refractivity contribution in [3.63, 3.8) is 0 Å². The Morgan fingerprint density at radius 2 is 1.86 bits per heavy atom. The smallest absolute Gasteiger partial charge is 0.420 e. The third kappa shape index (κ3) is 8.03. The van der Waals surface area contributed by atoms with Gasteiger partial charge in [0.2, 0.25) is 0 Å². The summed E-state index contributed by atoms with van der Waals surface area (Å²) in [6, 6.07) is 13.9. The number of nitriles is 1. The lowest BCUT2D eigenvalue weighted by Crippen LogP contribution is -2.29. The number of aromatic nitrogens is 2. The van der Waals surface area contributed by atoms with Crippen LogP contribution in [0.5, 0.6) is 17.2 Å². The quantitative estimate of drug-likeness (QED) is 0.124. The summed E-state index contributed by atoms with van der Waals surface area (Å²) in [7, 11) is -1.34. The van der Waals surface area contributed by atoms with E-state index in [1.54, 1.807) is 16.7 Å². The number of nitrogens with zero attached hydrogens (tertiary/aromatic N) is 4.